The van der Waals surface area contributed by atoms with Gasteiger partial charge in [-0.3, -0.25) is 0 Å². The summed E-state index contributed by atoms with van der Waals surface area (Å²) in [5, 5.41) is 3.29. The van der Waals surface area contributed by atoms with Crippen LogP contribution >= 0.6 is 15.9 Å². The number of hydrogen-bond donors (Lipinski definition) is 1. The number of benzene rings is 1. The van der Waals surface area contributed by atoms with Crippen LogP contribution in [0.4, 0.5) is 4.39 Å². The molecule has 1 saturated heterocycles. The molecule has 0 aliphatic carbocycles. The second-order valence-electron chi connectivity index (χ2n) is 4.13. The molecule has 1 aliphatic heterocycles. The molecule has 16 heavy (non-hydrogen) atoms. The Kier molecular flexibility index (Phi) is 3.50. The Morgan fingerprint density at radius 1 is 1.56 bits per heavy atom. The van der Waals surface area contributed by atoms with E-state index in [0.29, 0.717) is 11.7 Å². The molecule has 0 saturated carbocycles. The van der Waals surface area contributed by atoms with Crippen molar-refractivity contribution in [3.8, 4) is 5.75 Å². The van der Waals surface area contributed by atoms with Gasteiger partial charge in [-0.05, 0) is 31.5 Å². The molecule has 0 aromatic heterocycles. The SMILES string of the molecule is COc1c(F)cc(C)c(Br)c1C1CCNC1. The van der Waals surface area contributed by atoms with Gasteiger partial charge < -0.3 is 10.1 Å². The highest BCUT2D eigenvalue weighted by Crippen LogP contribution is 2.40. The van der Waals surface area contributed by atoms with E-state index in [1.165, 1.54) is 13.2 Å². The Balaban J connectivity index is 2.54. The molecule has 88 valence electrons. The van der Waals surface area contributed by atoms with Crippen LogP contribution in [0.15, 0.2) is 10.5 Å². The average molecular weight is 288 g/mol. The third-order valence-electron chi connectivity index (χ3n) is 3.06. The molecule has 1 fully saturated rings. The summed E-state index contributed by atoms with van der Waals surface area (Å²) in [5.41, 5.74) is 1.88. The van der Waals surface area contributed by atoms with Gasteiger partial charge in [0.25, 0.3) is 0 Å². The Bertz CT molecular complexity index is 402. The number of ether oxygens (including phenoxy) is 1. The summed E-state index contributed by atoms with van der Waals surface area (Å²) in [7, 11) is 1.52. The van der Waals surface area contributed by atoms with Crippen LogP contribution in [-0.2, 0) is 0 Å². The second kappa shape index (κ2) is 4.72. The zero-order valence-electron chi connectivity index (χ0n) is 9.44. The van der Waals surface area contributed by atoms with E-state index in [1.54, 1.807) is 0 Å². The first-order valence-corrected chi connectivity index (χ1v) is 6.17. The number of aryl methyl sites for hydroxylation is 1. The van der Waals surface area contributed by atoms with Crippen LogP contribution < -0.4 is 10.1 Å². The molecule has 0 radical (unpaired) electrons. The van der Waals surface area contributed by atoms with Crippen molar-refractivity contribution in [1.82, 2.24) is 5.32 Å². The van der Waals surface area contributed by atoms with Gasteiger partial charge in [0.2, 0.25) is 0 Å². The summed E-state index contributed by atoms with van der Waals surface area (Å²) >= 11 is 3.54. The van der Waals surface area contributed by atoms with E-state index in [2.05, 4.69) is 21.2 Å². The number of methoxy groups -OCH3 is 1. The number of nitrogens with one attached hydrogen (secondary N) is 1. The fourth-order valence-corrected chi connectivity index (χ4v) is 2.85. The molecule has 1 heterocycles. The molecule has 1 aromatic rings. The predicted molar refractivity (Wildman–Crippen MR) is 65.6 cm³/mol. The second-order valence-corrected chi connectivity index (χ2v) is 4.92. The fourth-order valence-electron chi connectivity index (χ4n) is 2.23. The van der Waals surface area contributed by atoms with Crippen molar-refractivity contribution in [2.75, 3.05) is 20.2 Å². The van der Waals surface area contributed by atoms with Gasteiger partial charge >= 0.3 is 0 Å². The maximum atomic E-state index is 13.8. The first-order chi connectivity index (χ1) is 7.65. The van der Waals surface area contributed by atoms with E-state index in [9.17, 15) is 4.39 Å². The van der Waals surface area contributed by atoms with Gasteiger partial charge in [0.1, 0.15) is 0 Å². The van der Waals surface area contributed by atoms with Crippen molar-refractivity contribution < 1.29 is 9.13 Å². The molecule has 4 heteroatoms. The van der Waals surface area contributed by atoms with Gasteiger partial charge in [0.15, 0.2) is 11.6 Å². The maximum absolute atomic E-state index is 13.8. The monoisotopic (exact) mass is 287 g/mol. The first-order valence-electron chi connectivity index (χ1n) is 5.38. The van der Waals surface area contributed by atoms with Crippen molar-refractivity contribution in [1.29, 1.82) is 0 Å². The fraction of sp³-hybridized carbons (Fsp3) is 0.500. The average Bonchev–Trinajstić information content (AvgIpc) is 2.76. The molecule has 1 N–H and O–H groups in total. The number of halogens is 2. The number of hydrogen-bond acceptors (Lipinski definition) is 2. The van der Waals surface area contributed by atoms with Crippen LogP contribution in [-0.4, -0.2) is 20.2 Å². The highest BCUT2D eigenvalue weighted by Gasteiger charge is 2.25. The van der Waals surface area contributed by atoms with Crippen molar-refractivity contribution in [3.05, 3.63) is 27.5 Å². The van der Waals surface area contributed by atoms with E-state index in [-0.39, 0.29) is 5.82 Å². The lowest BCUT2D eigenvalue weighted by molar-refractivity contribution is 0.377. The van der Waals surface area contributed by atoms with Crippen LogP contribution in [0.1, 0.15) is 23.5 Å². The Hall–Kier alpha value is -0.610. The van der Waals surface area contributed by atoms with Crippen LogP contribution in [0.25, 0.3) is 0 Å². The molecule has 2 nitrogen and oxygen atoms in total. The van der Waals surface area contributed by atoms with Gasteiger partial charge in [-0.25, -0.2) is 4.39 Å². The van der Waals surface area contributed by atoms with Crippen LogP contribution in [0.5, 0.6) is 5.75 Å². The molecule has 2 rings (SSSR count). The Morgan fingerprint density at radius 2 is 2.31 bits per heavy atom. The van der Waals surface area contributed by atoms with Gasteiger partial charge in [0, 0.05) is 22.5 Å². The van der Waals surface area contributed by atoms with Crippen molar-refractivity contribution in [2.24, 2.45) is 0 Å². The van der Waals surface area contributed by atoms with Crippen LogP contribution in [0.2, 0.25) is 0 Å². The van der Waals surface area contributed by atoms with E-state index < -0.39 is 0 Å². The zero-order valence-corrected chi connectivity index (χ0v) is 11.0. The summed E-state index contributed by atoms with van der Waals surface area (Å²) in [6, 6.07) is 1.51. The largest absolute Gasteiger partial charge is 0.493 e. The van der Waals surface area contributed by atoms with Crippen molar-refractivity contribution in [3.63, 3.8) is 0 Å². The molecule has 1 aromatic carbocycles. The van der Waals surface area contributed by atoms with E-state index >= 15 is 0 Å². The van der Waals surface area contributed by atoms with Gasteiger partial charge in [-0.1, -0.05) is 15.9 Å². The summed E-state index contributed by atoms with van der Waals surface area (Å²) in [6.07, 6.45) is 1.03. The molecular formula is C12H15BrFNO. The minimum absolute atomic E-state index is 0.273. The van der Waals surface area contributed by atoms with E-state index in [0.717, 1.165) is 35.1 Å². The lowest BCUT2D eigenvalue weighted by Crippen LogP contribution is -2.10. The van der Waals surface area contributed by atoms with E-state index in [1.807, 2.05) is 6.92 Å². The van der Waals surface area contributed by atoms with Gasteiger partial charge in [0.05, 0.1) is 7.11 Å². The smallest absolute Gasteiger partial charge is 0.165 e. The Morgan fingerprint density at radius 3 is 2.88 bits per heavy atom. The Labute approximate surface area is 103 Å². The predicted octanol–water partition coefficient (Wildman–Crippen LogP) is 2.98. The number of rotatable bonds is 2. The van der Waals surface area contributed by atoms with Crippen LogP contribution in [0, 0.1) is 12.7 Å². The minimum Gasteiger partial charge on any atom is -0.493 e. The van der Waals surface area contributed by atoms with Crippen molar-refractivity contribution >= 4 is 15.9 Å². The molecular weight excluding hydrogens is 273 g/mol. The lowest BCUT2D eigenvalue weighted by Gasteiger charge is -2.18. The zero-order chi connectivity index (χ0) is 11.7. The summed E-state index contributed by atoms with van der Waals surface area (Å²) < 4.78 is 19.9. The molecule has 0 bridgehead atoms. The maximum Gasteiger partial charge on any atom is 0.165 e. The summed E-state index contributed by atoms with van der Waals surface area (Å²) in [4.78, 5) is 0. The third-order valence-corrected chi connectivity index (χ3v) is 4.11. The highest BCUT2D eigenvalue weighted by atomic mass is 79.9. The van der Waals surface area contributed by atoms with Crippen molar-refractivity contribution in [2.45, 2.75) is 19.3 Å². The lowest BCUT2D eigenvalue weighted by atomic mass is 9.95. The topological polar surface area (TPSA) is 21.3 Å². The molecule has 0 spiro atoms. The molecule has 0 amide bonds. The van der Waals surface area contributed by atoms with Crippen LogP contribution in [0.3, 0.4) is 0 Å². The standard InChI is InChI=1S/C12H15BrFNO/c1-7-5-9(14)12(16-2)10(11(7)13)8-3-4-15-6-8/h5,8,15H,3-4,6H2,1-2H3. The summed E-state index contributed by atoms with van der Waals surface area (Å²) in [5.74, 6) is 0.440. The molecule has 1 atom stereocenters. The quantitative estimate of drug-likeness (QED) is 0.903. The van der Waals surface area contributed by atoms with E-state index in [4.69, 9.17) is 4.74 Å². The molecule has 1 unspecified atom stereocenters. The first kappa shape index (κ1) is 11.9. The third kappa shape index (κ3) is 1.96. The minimum atomic E-state index is -0.273. The van der Waals surface area contributed by atoms with Gasteiger partial charge in [-0.15, -0.1) is 0 Å². The summed E-state index contributed by atoms with van der Waals surface area (Å²) in [6.45, 7) is 3.77. The highest BCUT2D eigenvalue weighted by molar-refractivity contribution is 9.10. The molecule has 1 aliphatic rings. The normalized spacial score (nSPS) is 20.1. The van der Waals surface area contributed by atoms with Gasteiger partial charge in [-0.2, -0.15) is 0 Å².